The lowest BCUT2D eigenvalue weighted by Gasteiger charge is -2.14. The van der Waals surface area contributed by atoms with Gasteiger partial charge in [-0.15, -0.1) is 0 Å². The van der Waals surface area contributed by atoms with Crippen LogP contribution in [0, 0.1) is 6.92 Å². The molecule has 0 bridgehead atoms. The first-order chi connectivity index (χ1) is 9.20. The Morgan fingerprint density at radius 3 is 2.63 bits per heavy atom. The zero-order valence-electron chi connectivity index (χ0n) is 11.5. The molecule has 2 rings (SSSR count). The Kier molecular flexibility index (Phi) is 4.58. The summed E-state index contributed by atoms with van der Waals surface area (Å²) >= 11 is 0. The van der Waals surface area contributed by atoms with Gasteiger partial charge in [0.2, 0.25) is 0 Å². The van der Waals surface area contributed by atoms with Crippen molar-refractivity contribution in [1.29, 1.82) is 0 Å². The van der Waals surface area contributed by atoms with E-state index in [0.717, 1.165) is 17.7 Å². The molecule has 0 spiro atoms. The fraction of sp³-hybridized carbons (Fsp3) is 0.294. The molecule has 0 aromatic heterocycles. The molecule has 0 heterocycles. The summed E-state index contributed by atoms with van der Waals surface area (Å²) in [5.41, 5.74) is 3.37. The Morgan fingerprint density at radius 2 is 1.89 bits per heavy atom. The average molecular weight is 256 g/mol. The standard InChI is InChI=1S/C17H20O2/c1-13-6-5-7-14(12-13)10-11-16(18)15-8-3-4-9-17(15)19-2/h3-9,12,16,18H,10-11H2,1-2H3. The van der Waals surface area contributed by atoms with Gasteiger partial charge in [0.05, 0.1) is 13.2 Å². The number of aliphatic hydroxyl groups excluding tert-OH is 1. The maximum absolute atomic E-state index is 10.3. The zero-order valence-corrected chi connectivity index (χ0v) is 11.5. The third kappa shape index (κ3) is 3.58. The second kappa shape index (κ2) is 6.39. The van der Waals surface area contributed by atoms with E-state index in [1.54, 1.807) is 7.11 Å². The Balaban J connectivity index is 2.03. The van der Waals surface area contributed by atoms with Crippen LogP contribution in [-0.4, -0.2) is 12.2 Å². The first-order valence-corrected chi connectivity index (χ1v) is 6.57. The van der Waals surface area contributed by atoms with Gasteiger partial charge in [-0.2, -0.15) is 0 Å². The van der Waals surface area contributed by atoms with E-state index < -0.39 is 6.10 Å². The number of hydrogen-bond donors (Lipinski definition) is 1. The van der Waals surface area contributed by atoms with Gasteiger partial charge < -0.3 is 9.84 Å². The van der Waals surface area contributed by atoms with Crippen LogP contribution in [0.5, 0.6) is 5.75 Å². The second-order valence-electron chi connectivity index (χ2n) is 4.79. The lowest BCUT2D eigenvalue weighted by molar-refractivity contribution is 0.163. The van der Waals surface area contributed by atoms with Crippen LogP contribution in [0.4, 0.5) is 0 Å². The second-order valence-corrected chi connectivity index (χ2v) is 4.79. The first kappa shape index (κ1) is 13.6. The van der Waals surface area contributed by atoms with E-state index in [-0.39, 0.29) is 0 Å². The number of aryl methyl sites for hydroxylation is 2. The van der Waals surface area contributed by atoms with E-state index in [1.807, 2.05) is 24.3 Å². The molecular formula is C17H20O2. The molecule has 100 valence electrons. The molecule has 1 unspecified atom stereocenters. The SMILES string of the molecule is COc1ccccc1C(O)CCc1cccc(C)c1. The molecule has 0 fully saturated rings. The molecule has 0 saturated carbocycles. The van der Waals surface area contributed by atoms with Crippen molar-refractivity contribution in [2.45, 2.75) is 25.9 Å². The van der Waals surface area contributed by atoms with Crippen LogP contribution in [0.2, 0.25) is 0 Å². The van der Waals surface area contributed by atoms with Crippen molar-refractivity contribution in [2.24, 2.45) is 0 Å². The van der Waals surface area contributed by atoms with Gasteiger partial charge in [0, 0.05) is 5.56 Å². The molecule has 19 heavy (non-hydrogen) atoms. The van der Waals surface area contributed by atoms with Crippen molar-refractivity contribution in [3.8, 4) is 5.75 Å². The van der Waals surface area contributed by atoms with Crippen molar-refractivity contribution >= 4 is 0 Å². The summed E-state index contributed by atoms with van der Waals surface area (Å²) in [7, 11) is 1.63. The highest BCUT2D eigenvalue weighted by molar-refractivity contribution is 5.35. The van der Waals surface area contributed by atoms with Gasteiger partial charge >= 0.3 is 0 Å². The van der Waals surface area contributed by atoms with Crippen LogP contribution in [0.25, 0.3) is 0 Å². The number of rotatable bonds is 5. The van der Waals surface area contributed by atoms with Crippen molar-refractivity contribution in [3.05, 3.63) is 65.2 Å². The summed E-state index contributed by atoms with van der Waals surface area (Å²) in [6.45, 7) is 2.08. The van der Waals surface area contributed by atoms with Gasteiger partial charge in [0.15, 0.2) is 0 Å². The minimum absolute atomic E-state index is 0.489. The van der Waals surface area contributed by atoms with Gasteiger partial charge in [0.1, 0.15) is 5.75 Å². The van der Waals surface area contributed by atoms with Crippen molar-refractivity contribution in [1.82, 2.24) is 0 Å². The summed E-state index contributed by atoms with van der Waals surface area (Å²) in [6, 6.07) is 16.0. The van der Waals surface area contributed by atoms with E-state index in [1.165, 1.54) is 11.1 Å². The van der Waals surface area contributed by atoms with Crippen LogP contribution in [0.3, 0.4) is 0 Å². The lowest BCUT2D eigenvalue weighted by atomic mass is 10.00. The van der Waals surface area contributed by atoms with Crippen molar-refractivity contribution < 1.29 is 9.84 Å². The third-order valence-electron chi connectivity index (χ3n) is 3.29. The van der Waals surface area contributed by atoms with Crippen LogP contribution in [0.1, 0.15) is 29.2 Å². The largest absolute Gasteiger partial charge is 0.496 e. The van der Waals surface area contributed by atoms with Gasteiger partial charge in [-0.1, -0.05) is 48.0 Å². The number of methoxy groups -OCH3 is 1. The number of hydrogen-bond acceptors (Lipinski definition) is 2. The quantitative estimate of drug-likeness (QED) is 0.884. The normalized spacial score (nSPS) is 12.2. The Hall–Kier alpha value is -1.80. The molecule has 2 nitrogen and oxygen atoms in total. The molecular weight excluding hydrogens is 236 g/mol. The van der Waals surface area contributed by atoms with E-state index >= 15 is 0 Å². The Bertz CT molecular complexity index is 534. The number of ether oxygens (including phenoxy) is 1. The topological polar surface area (TPSA) is 29.5 Å². The summed E-state index contributed by atoms with van der Waals surface area (Å²) in [5, 5.41) is 10.3. The minimum atomic E-state index is -0.489. The van der Waals surface area contributed by atoms with Crippen LogP contribution < -0.4 is 4.74 Å². The predicted molar refractivity (Wildman–Crippen MR) is 77.5 cm³/mol. The monoisotopic (exact) mass is 256 g/mol. The maximum atomic E-state index is 10.3. The van der Waals surface area contributed by atoms with Gasteiger partial charge in [-0.25, -0.2) is 0 Å². The Morgan fingerprint density at radius 1 is 1.11 bits per heavy atom. The predicted octanol–water partition coefficient (Wildman–Crippen LogP) is 3.67. The number of para-hydroxylation sites is 1. The molecule has 0 saturated heterocycles. The first-order valence-electron chi connectivity index (χ1n) is 6.57. The van der Waals surface area contributed by atoms with E-state index in [4.69, 9.17) is 4.74 Å². The van der Waals surface area contributed by atoms with Crippen LogP contribution in [0.15, 0.2) is 48.5 Å². The minimum Gasteiger partial charge on any atom is -0.496 e. The molecule has 1 atom stereocenters. The molecule has 2 aromatic carbocycles. The molecule has 2 heteroatoms. The Labute approximate surface area is 114 Å². The van der Waals surface area contributed by atoms with E-state index in [0.29, 0.717) is 6.42 Å². The highest BCUT2D eigenvalue weighted by Gasteiger charge is 2.12. The fourth-order valence-corrected chi connectivity index (χ4v) is 2.27. The lowest BCUT2D eigenvalue weighted by Crippen LogP contribution is -2.02. The molecule has 2 aromatic rings. The van der Waals surface area contributed by atoms with E-state index in [9.17, 15) is 5.11 Å². The van der Waals surface area contributed by atoms with Gasteiger partial charge in [-0.3, -0.25) is 0 Å². The summed E-state index contributed by atoms with van der Waals surface area (Å²) in [4.78, 5) is 0. The number of aliphatic hydroxyl groups is 1. The van der Waals surface area contributed by atoms with E-state index in [2.05, 4.69) is 31.2 Å². The molecule has 1 N–H and O–H groups in total. The highest BCUT2D eigenvalue weighted by Crippen LogP contribution is 2.27. The van der Waals surface area contributed by atoms with Crippen molar-refractivity contribution in [3.63, 3.8) is 0 Å². The molecule has 0 radical (unpaired) electrons. The van der Waals surface area contributed by atoms with Gasteiger partial charge in [-0.05, 0) is 31.4 Å². The third-order valence-corrected chi connectivity index (χ3v) is 3.29. The fourth-order valence-electron chi connectivity index (χ4n) is 2.27. The molecule has 0 aliphatic rings. The van der Waals surface area contributed by atoms with Crippen LogP contribution >= 0.6 is 0 Å². The zero-order chi connectivity index (χ0) is 13.7. The average Bonchev–Trinajstić information content (AvgIpc) is 2.45. The summed E-state index contributed by atoms with van der Waals surface area (Å²) < 4.78 is 5.28. The smallest absolute Gasteiger partial charge is 0.124 e. The highest BCUT2D eigenvalue weighted by atomic mass is 16.5. The maximum Gasteiger partial charge on any atom is 0.124 e. The molecule has 0 aliphatic heterocycles. The molecule has 0 amide bonds. The number of benzene rings is 2. The summed E-state index contributed by atoms with van der Waals surface area (Å²) in [5.74, 6) is 0.749. The van der Waals surface area contributed by atoms with Gasteiger partial charge in [0.25, 0.3) is 0 Å². The molecule has 0 aliphatic carbocycles. The van der Waals surface area contributed by atoms with Crippen LogP contribution in [-0.2, 0) is 6.42 Å². The summed E-state index contributed by atoms with van der Waals surface area (Å²) in [6.07, 6.45) is 1.07. The van der Waals surface area contributed by atoms with Crippen molar-refractivity contribution in [2.75, 3.05) is 7.11 Å².